The summed E-state index contributed by atoms with van der Waals surface area (Å²) in [6, 6.07) is 0. The van der Waals surface area contributed by atoms with Crippen LogP contribution >= 0.6 is 0 Å². The smallest absolute Gasteiger partial charge is 0.270 e. The van der Waals surface area contributed by atoms with Crippen LogP contribution in [-0.4, -0.2) is 25.8 Å². The Kier molecular flexibility index (Phi) is 5.85. The first-order chi connectivity index (χ1) is 7.60. The van der Waals surface area contributed by atoms with E-state index in [1.165, 1.54) is 26.4 Å². The number of terminal acetylenes is 2. The second kappa shape index (κ2) is 6.92. The average molecular weight is 218 g/mol. The molecule has 0 atom stereocenters. The molecule has 0 heterocycles. The second-order valence-electron chi connectivity index (χ2n) is 2.42. The highest BCUT2D eigenvalue weighted by molar-refractivity contribution is 6.08. The third-order valence-electron chi connectivity index (χ3n) is 1.54. The van der Waals surface area contributed by atoms with Crippen molar-refractivity contribution in [3.05, 3.63) is 23.7 Å². The fourth-order valence-electron chi connectivity index (χ4n) is 0.766. The lowest BCUT2D eigenvalue weighted by molar-refractivity contribution is -0.114. The highest BCUT2D eigenvalue weighted by Crippen LogP contribution is 2.02. The molecule has 16 heavy (non-hydrogen) atoms. The molecule has 0 aromatic rings. The van der Waals surface area contributed by atoms with Crippen LogP contribution in [0, 0.1) is 24.7 Å². The number of Topliss-reactive ketones (excluding diaryl/α,β-unsaturated/α-hetero) is 2. The van der Waals surface area contributed by atoms with Crippen LogP contribution in [0.15, 0.2) is 23.7 Å². The standard InChI is InChI=1S/C12H10O4/c1-5-9(13)11(15-3)7-8-12(16-4)10(14)6-2/h1-2,7-8H,3-4H3/b11-7+,12-8+. The highest BCUT2D eigenvalue weighted by atomic mass is 16.5. The Balaban J connectivity index is 5.09. The number of ether oxygens (including phenoxy) is 2. The first-order valence-corrected chi connectivity index (χ1v) is 4.12. The topological polar surface area (TPSA) is 52.6 Å². The van der Waals surface area contributed by atoms with Crippen LogP contribution in [0.3, 0.4) is 0 Å². The lowest BCUT2D eigenvalue weighted by atomic mass is 10.2. The van der Waals surface area contributed by atoms with Crippen LogP contribution in [0.25, 0.3) is 0 Å². The van der Waals surface area contributed by atoms with Gasteiger partial charge in [0.15, 0.2) is 11.5 Å². The van der Waals surface area contributed by atoms with Crippen molar-refractivity contribution in [3.63, 3.8) is 0 Å². The Hall–Kier alpha value is -2.46. The maximum Gasteiger partial charge on any atom is 0.270 e. The lowest BCUT2D eigenvalue weighted by Gasteiger charge is -2.00. The van der Waals surface area contributed by atoms with E-state index < -0.39 is 11.6 Å². The fourth-order valence-corrected chi connectivity index (χ4v) is 0.766. The number of methoxy groups -OCH3 is 2. The number of rotatable bonds is 5. The van der Waals surface area contributed by atoms with Gasteiger partial charge in [0, 0.05) is 0 Å². The van der Waals surface area contributed by atoms with E-state index in [0.29, 0.717) is 0 Å². The maximum absolute atomic E-state index is 11.1. The fraction of sp³-hybridized carbons (Fsp3) is 0.167. The number of carbonyl (C=O) groups excluding carboxylic acids is 2. The molecule has 0 saturated carbocycles. The van der Waals surface area contributed by atoms with Gasteiger partial charge in [-0.15, -0.1) is 12.8 Å². The monoisotopic (exact) mass is 218 g/mol. The van der Waals surface area contributed by atoms with Gasteiger partial charge in [-0.2, -0.15) is 0 Å². The Morgan fingerprint density at radius 3 is 1.44 bits per heavy atom. The Bertz CT molecular complexity index is 385. The molecule has 0 saturated heterocycles. The summed E-state index contributed by atoms with van der Waals surface area (Å²) < 4.78 is 9.43. The minimum absolute atomic E-state index is 0.0816. The van der Waals surface area contributed by atoms with E-state index in [0.717, 1.165) is 0 Å². The molecule has 0 aromatic heterocycles. The maximum atomic E-state index is 11.1. The van der Waals surface area contributed by atoms with Crippen LogP contribution in [0.1, 0.15) is 0 Å². The molecular weight excluding hydrogens is 208 g/mol. The van der Waals surface area contributed by atoms with Crippen LogP contribution in [0.2, 0.25) is 0 Å². The predicted molar refractivity (Wildman–Crippen MR) is 57.9 cm³/mol. The first-order valence-electron chi connectivity index (χ1n) is 4.12. The van der Waals surface area contributed by atoms with Crippen molar-refractivity contribution in [2.24, 2.45) is 0 Å². The summed E-state index contributed by atoms with van der Waals surface area (Å²) >= 11 is 0. The highest BCUT2D eigenvalue weighted by Gasteiger charge is 2.07. The van der Waals surface area contributed by atoms with Crippen molar-refractivity contribution in [2.45, 2.75) is 0 Å². The second-order valence-corrected chi connectivity index (χ2v) is 2.42. The summed E-state index contributed by atoms with van der Waals surface area (Å²) in [4.78, 5) is 22.1. The molecule has 4 heteroatoms. The number of hydrogen-bond donors (Lipinski definition) is 0. The van der Waals surface area contributed by atoms with E-state index in [9.17, 15) is 9.59 Å². The summed E-state index contributed by atoms with van der Waals surface area (Å²) in [5, 5.41) is 0. The average Bonchev–Trinajstić information content (AvgIpc) is 2.33. The molecule has 0 rings (SSSR count). The van der Waals surface area contributed by atoms with Crippen LogP contribution < -0.4 is 0 Å². The molecule has 0 aliphatic heterocycles. The quantitative estimate of drug-likeness (QED) is 0.221. The Morgan fingerprint density at radius 1 is 0.938 bits per heavy atom. The molecule has 4 nitrogen and oxygen atoms in total. The third kappa shape index (κ3) is 3.73. The van der Waals surface area contributed by atoms with Crippen molar-refractivity contribution >= 4 is 11.6 Å². The molecule has 0 unspecified atom stereocenters. The number of allylic oxidation sites excluding steroid dienone is 4. The molecule has 0 N–H and O–H groups in total. The molecule has 0 radical (unpaired) electrons. The molecule has 0 bridgehead atoms. The first kappa shape index (κ1) is 13.5. The molecular formula is C12H10O4. The molecule has 0 aliphatic rings. The Morgan fingerprint density at radius 2 is 1.25 bits per heavy atom. The largest absolute Gasteiger partial charge is 0.492 e. The summed E-state index contributed by atoms with van der Waals surface area (Å²) in [5.74, 6) is 2.31. The summed E-state index contributed by atoms with van der Waals surface area (Å²) in [6.07, 6.45) is 12.2. The summed E-state index contributed by atoms with van der Waals surface area (Å²) in [5.41, 5.74) is 0. The van der Waals surface area contributed by atoms with Gasteiger partial charge in [-0.3, -0.25) is 9.59 Å². The van der Waals surface area contributed by atoms with Gasteiger partial charge in [0.1, 0.15) is 0 Å². The molecule has 0 fully saturated rings. The normalized spacial score (nSPS) is 11.0. The van der Waals surface area contributed by atoms with Gasteiger partial charge in [0.05, 0.1) is 14.2 Å². The van der Waals surface area contributed by atoms with E-state index in [2.05, 4.69) is 0 Å². The zero-order chi connectivity index (χ0) is 12.6. The molecule has 0 aromatic carbocycles. The predicted octanol–water partition coefficient (Wildman–Crippen LogP) is 0.452. The van der Waals surface area contributed by atoms with Gasteiger partial charge in [-0.1, -0.05) is 0 Å². The van der Waals surface area contributed by atoms with Crippen molar-refractivity contribution in [3.8, 4) is 24.7 Å². The van der Waals surface area contributed by atoms with Crippen LogP contribution in [0.4, 0.5) is 0 Å². The van der Waals surface area contributed by atoms with E-state index >= 15 is 0 Å². The SMILES string of the molecule is C#CC(=O)/C(=C\C=C(\OC)C(=O)C#C)OC. The van der Waals surface area contributed by atoms with Gasteiger partial charge in [-0.05, 0) is 24.0 Å². The lowest BCUT2D eigenvalue weighted by Crippen LogP contribution is -2.03. The van der Waals surface area contributed by atoms with E-state index in [4.69, 9.17) is 22.3 Å². The third-order valence-corrected chi connectivity index (χ3v) is 1.54. The number of hydrogen-bond acceptors (Lipinski definition) is 4. The van der Waals surface area contributed by atoms with E-state index in [1.54, 1.807) is 0 Å². The zero-order valence-electron chi connectivity index (χ0n) is 8.94. The van der Waals surface area contributed by atoms with Crippen molar-refractivity contribution in [1.82, 2.24) is 0 Å². The van der Waals surface area contributed by atoms with Crippen molar-refractivity contribution in [1.29, 1.82) is 0 Å². The van der Waals surface area contributed by atoms with E-state index in [1.807, 2.05) is 11.8 Å². The van der Waals surface area contributed by atoms with Crippen molar-refractivity contribution < 1.29 is 19.1 Å². The summed E-state index contributed by atoms with van der Waals surface area (Å²) in [7, 11) is 2.56. The van der Waals surface area contributed by atoms with E-state index in [-0.39, 0.29) is 11.5 Å². The molecule has 0 spiro atoms. The van der Waals surface area contributed by atoms with Gasteiger partial charge in [0.2, 0.25) is 0 Å². The summed E-state index contributed by atoms with van der Waals surface area (Å²) in [6.45, 7) is 0. The van der Waals surface area contributed by atoms with Crippen molar-refractivity contribution in [2.75, 3.05) is 14.2 Å². The molecule has 0 aliphatic carbocycles. The van der Waals surface area contributed by atoms with Gasteiger partial charge < -0.3 is 9.47 Å². The molecule has 82 valence electrons. The zero-order valence-corrected chi connectivity index (χ0v) is 8.94. The van der Waals surface area contributed by atoms with Gasteiger partial charge in [0.25, 0.3) is 11.6 Å². The van der Waals surface area contributed by atoms with Gasteiger partial charge in [-0.25, -0.2) is 0 Å². The van der Waals surface area contributed by atoms with Crippen LogP contribution in [-0.2, 0) is 19.1 Å². The van der Waals surface area contributed by atoms with Gasteiger partial charge >= 0.3 is 0 Å². The minimum Gasteiger partial charge on any atom is -0.492 e. The number of ketones is 2. The van der Waals surface area contributed by atoms with Crippen LogP contribution in [0.5, 0.6) is 0 Å². The minimum atomic E-state index is -0.637. The number of carbonyl (C=O) groups is 2. The molecule has 0 amide bonds. The Labute approximate surface area is 93.9 Å².